The fourth-order valence-electron chi connectivity index (χ4n) is 2.11. The molecule has 0 aliphatic rings. The Kier molecular flexibility index (Phi) is 5.11. The minimum absolute atomic E-state index is 0.120. The second-order valence-electron chi connectivity index (χ2n) is 7.69. The number of anilines is 1. The molecule has 0 fully saturated rings. The Bertz CT molecular complexity index is 772. The molecule has 1 N–H and O–H groups in total. The van der Waals surface area contributed by atoms with E-state index in [1.54, 1.807) is 12.3 Å². The Morgan fingerprint density at radius 3 is 2.38 bits per heavy atom. The summed E-state index contributed by atoms with van der Waals surface area (Å²) in [5.41, 5.74) is 0.826. The summed E-state index contributed by atoms with van der Waals surface area (Å²) in [6.45, 7) is 12.4. The third-order valence-electron chi connectivity index (χ3n) is 3.41. The maximum absolute atomic E-state index is 12.6. The number of amides is 1. The van der Waals surface area contributed by atoms with Gasteiger partial charge < -0.3 is 5.32 Å². The van der Waals surface area contributed by atoms with Crippen molar-refractivity contribution in [2.24, 2.45) is 0 Å². The van der Waals surface area contributed by atoms with Crippen LogP contribution in [0.3, 0.4) is 0 Å². The molecule has 2 aromatic heterocycles. The van der Waals surface area contributed by atoms with Gasteiger partial charge in [0.2, 0.25) is 0 Å². The fraction of sp³-hybridized carbons (Fsp3) is 0.471. The standard InChI is InChI=1S/C17H22BrClN4O/c1-16(2,3)12-8-13(23(22-12)17(4,5)6)21-15(24)11-7-10(18)9-20-14(11)19/h7-9H,1-6H3,(H,21,24). The van der Waals surface area contributed by atoms with Gasteiger partial charge in [-0.3, -0.25) is 4.79 Å². The molecular weight excluding hydrogens is 392 g/mol. The molecule has 0 unspecified atom stereocenters. The van der Waals surface area contributed by atoms with Crippen molar-refractivity contribution in [1.82, 2.24) is 14.8 Å². The maximum atomic E-state index is 12.6. The number of hydrogen-bond donors (Lipinski definition) is 1. The topological polar surface area (TPSA) is 59.8 Å². The SMILES string of the molecule is CC(C)(C)c1cc(NC(=O)c2cc(Br)cnc2Cl)n(C(C)(C)C)n1. The summed E-state index contributed by atoms with van der Waals surface area (Å²) < 4.78 is 2.52. The Balaban J connectivity index is 2.43. The van der Waals surface area contributed by atoms with E-state index < -0.39 is 0 Å². The first-order valence-corrected chi connectivity index (χ1v) is 8.80. The van der Waals surface area contributed by atoms with Crippen LogP contribution in [0.25, 0.3) is 0 Å². The second-order valence-corrected chi connectivity index (χ2v) is 8.97. The first-order valence-electron chi connectivity index (χ1n) is 7.63. The molecule has 2 rings (SSSR count). The quantitative estimate of drug-likeness (QED) is 0.705. The van der Waals surface area contributed by atoms with E-state index in [1.807, 2.05) is 31.5 Å². The molecule has 24 heavy (non-hydrogen) atoms. The number of nitrogens with one attached hydrogen (secondary N) is 1. The number of pyridine rings is 1. The van der Waals surface area contributed by atoms with Crippen molar-refractivity contribution in [2.75, 3.05) is 5.32 Å². The van der Waals surface area contributed by atoms with Crippen LogP contribution < -0.4 is 5.32 Å². The molecule has 130 valence electrons. The average Bonchev–Trinajstić information content (AvgIpc) is 2.85. The van der Waals surface area contributed by atoms with Crippen molar-refractivity contribution < 1.29 is 4.79 Å². The van der Waals surface area contributed by atoms with Crippen LogP contribution in [0.2, 0.25) is 5.15 Å². The Morgan fingerprint density at radius 1 is 1.21 bits per heavy atom. The minimum Gasteiger partial charge on any atom is -0.307 e. The molecular formula is C17H22BrClN4O. The van der Waals surface area contributed by atoms with Crippen LogP contribution in [0.1, 0.15) is 57.6 Å². The number of rotatable bonds is 2. The summed E-state index contributed by atoms with van der Waals surface area (Å²) in [7, 11) is 0. The van der Waals surface area contributed by atoms with Gasteiger partial charge in [0.25, 0.3) is 5.91 Å². The molecule has 0 saturated carbocycles. The molecule has 0 saturated heterocycles. The number of hydrogen-bond acceptors (Lipinski definition) is 3. The molecule has 0 aromatic carbocycles. The Morgan fingerprint density at radius 2 is 1.83 bits per heavy atom. The smallest absolute Gasteiger partial charge is 0.259 e. The Labute approximate surface area is 155 Å². The first kappa shape index (κ1) is 18.9. The van der Waals surface area contributed by atoms with Crippen LogP contribution in [0.5, 0.6) is 0 Å². The van der Waals surface area contributed by atoms with Gasteiger partial charge in [0.05, 0.1) is 16.8 Å². The highest BCUT2D eigenvalue weighted by atomic mass is 79.9. The van der Waals surface area contributed by atoms with Crippen molar-refractivity contribution in [1.29, 1.82) is 0 Å². The zero-order valence-electron chi connectivity index (χ0n) is 14.7. The third kappa shape index (κ3) is 4.16. The number of halogens is 2. The normalized spacial score (nSPS) is 12.3. The summed E-state index contributed by atoms with van der Waals surface area (Å²) in [5.74, 6) is 0.313. The van der Waals surface area contributed by atoms with Gasteiger partial charge in [-0.05, 0) is 42.8 Å². The van der Waals surface area contributed by atoms with Gasteiger partial charge in [-0.2, -0.15) is 5.10 Å². The van der Waals surface area contributed by atoms with E-state index in [4.69, 9.17) is 11.6 Å². The highest BCUT2D eigenvalue weighted by molar-refractivity contribution is 9.10. The van der Waals surface area contributed by atoms with Gasteiger partial charge in [0.15, 0.2) is 0 Å². The average molecular weight is 414 g/mol. The number of carbonyl (C=O) groups excluding carboxylic acids is 1. The van der Waals surface area contributed by atoms with Gasteiger partial charge >= 0.3 is 0 Å². The van der Waals surface area contributed by atoms with E-state index in [9.17, 15) is 4.79 Å². The van der Waals surface area contributed by atoms with E-state index >= 15 is 0 Å². The van der Waals surface area contributed by atoms with Crippen molar-refractivity contribution in [3.05, 3.63) is 39.2 Å². The van der Waals surface area contributed by atoms with E-state index in [2.05, 4.69) is 52.1 Å². The summed E-state index contributed by atoms with van der Waals surface area (Å²) in [6.07, 6.45) is 1.55. The maximum Gasteiger partial charge on any atom is 0.259 e. The largest absolute Gasteiger partial charge is 0.307 e. The van der Waals surface area contributed by atoms with Crippen LogP contribution in [-0.2, 0) is 11.0 Å². The summed E-state index contributed by atoms with van der Waals surface area (Å²) in [6, 6.07) is 3.55. The lowest BCUT2D eigenvalue weighted by Crippen LogP contribution is -2.27. The van der Waals surface area contributed by atoms with Crippen LogP contribution in [-0.4, -0.2) is 20.7 Å². The van der Waals surface area contributed by atoms with Gasteiger partial charge in [-0.1, -0.05) is 32.4 Å². The molecule has 5 nitrogen and oxygen atoms in total. The van der Waals surface area contributed by atoms with Gasteiger partial charge in [0.1, 0.15) is 11.0 Å². The number of aromatic nitrogens is 3. The molecule has 0 atom stereocenters. The minimum atomic E-state index is -0.320. The molecule has 2 heterocycles. The zero-order valence-corrected chi connectivity index (χ0v) is 17.1. The van der Waals surface area contributed by atoms with Gasteiger partial charge in [-0.25, -0.2) is 9.67 Å². The second kappa shape index (κ2) is 6.48. The zero-order chi connectivity index (χ0) is 18.3. The highest BCUT2D eigenvalue weighted by Crippen LogP contribution is 2.29. The van der Waals surface area contributed by atoms with E-state index in [0.717, 1.165) is 5.69 Å². The van der Waals surface area contributed by atoms with Gasteiger partial charge in [-0.15, -0.1) is 0 Å². The van der Waals surface area contributed by atoms with E-state index in [1.165, 1.54) is 0 Å². The molecule has 7 heteroatoms. The highest BCUT2D eigenvalue weighted by Gasteiger charge is 2.26. The van der Waals surface area contributed by atoms with Crippen LogP contribution in [0, 0.1) is 0 Å². The molecule has 1 amide bonds. The van der Waals surface area contributed by atoms with Crippen LogP contribution in [0.4, 0.5) is 5.82 Å². The summed E-state index contributed by atoms with van der Waals surface area (Å²) >= 11 is 9.36. The van der Waals surface area contributed by atoms with Crippen molar-refractivity contribution in [3.63, 3.8) is 0 Å². The van der Waals surface area contributed by atoms with Crippen LogP contribution >= 0.6 is 27.5 Å². The molecule has 0 aliphatic heterocycles. The molecule has 0 spiro atoms. The molecule has 2 aromatic rings. The van der Waals surface area contributed by atoms with Crippen molar-refractivity contribution >= 4 is 39.3 Å². The molecule has 0 bridgehead atoms. The van der Waals surface area contributed by atoms with Crippen molar-refractivity contribution in [3.8, 4) is 0 Å². The predicted octanol–water partition coefficient (Wildman–Crippen LogP) is 5.00. The molecule has 0 radical (unpaired) electrons. The van der Waals surface area contributed by atoms with Crippen molar-refractivity contribution in [2.45, 2.75) is 52.5 Å². The predicted molar refractivity (Wildman–Crippen MR) is 101 cm³/mol. The summed E-state index contributed by atoms with van der Waals surface area (Å²) in [5, 5.41) is 7.75. The van der Waals surface area contributed by atoms with E-state index in [-0.39, 0.29) is 22.0 Å². The first-order chi connectivity index (χ1) is 10.9. The lowest BCUT2D eigenvalue weighted by atomic mass is 9.92. The molecule has 0 aliphatic carbocycles. The fourth-order valence-corrected chi connectivity index (χ4v) is 2.63. The van der Waals surface area contributed by atoms with E-state index in [0.29, 0.717) is 15.9 Å². The summed E-state index contributed by atoms with van der Waals surface area (Å²) in [4.78, 5) is 16.6. The Hall–Kier alpha value is -1.40. The lowest BCUT2D eigenvalue weighted by molar-refractivity contribution is 0.102. The monoisotopic (exact) mass is 412 g/mol. The van der Waals surface area contributed by atoms with Gasteiger partial charge in [0, 0.05) is 22.2 Å². The van der Waals surface area contributed by atoms with Crippen LogP contribution in [0.15, 0.2) is 22.8 Å². The lowest BCUT2D eigenvalue weighted by Gasteiger charge is -2.23. The number of carbonyl (C=O) groups is 1. The number of nitrogens with zero attached hydrogens (tertiary/aromatic N) is 3. The third-order valence-corrected chi connectivity index (χ3v) is 4.14.